The number of nitrogens with one attached hydrogen (secondary N) is 2. The molecule has 0 radical (unpaired) electrons. The highest BCUT2D eigenvalue weighted by Gasteiger charge is 2.14. The molecule has 2 rings (SSSR count). The first-order valence-electron chi connectivity index (χ1n) is 7.88. The summed E-state index contributed by atoms with van der Waals surface area (Å²) in [4.78, 5) is 23.8. The lowest BCUT2D eigenvalue weighted by Gasteiger charge is -2.10. The van der Waals surface area contributed by atoms with Crippen LogP contribution >= 0.6 is 0 Å². The van der Waals surface area contributed by atoms with Gasteiger partial charge in [0.05, 0.1) is 6.61 Å². The van der Waals surface area contributed by atoms with Crippen LogP contribution in [0.3, 0.4) is 0 Å². The van der Waals surface area contributed by atoms with E-state index in [9.17, 15) is 14.7 Å². The Labute approximate surface area is 141 Å². The minimum atomic E-state index is -0.714. The Hall–Kier alpha value is -2.66. The van der Waals surface area contributed by atoms with Crippen LogP contribution in [0.5, 0.6) is 0 Å². The fourth-order valence-electron chi connectivity index (χ4n) is 2.28. The maximum atomic E-state index is 11.9. The van der Waals surface area contributed by atoms with Gasteiger partial charge in [0.2, 0.25) is 0 Å². The van der Waals surface area contributed by atoms with Crippen LogP contribution < -0.4 is 10.6 Å². The summed E-state index contributed by atoms with van der Waals surface area (Å²) in [6.07, 6.45) is 0. The summed E-state index contributed by atoms with van der Waals surface area (Å²) in [5, 5.41) is 14.4. The van der Waals surface area contributed by atoms with Crippen molar-refractivity contribution in [2.45, 2.75) is 32.9 Å². The Morgan fingerprint density at radius 3 is 2.17 bits per heavy atom. The lowest BCUT2D eigenvalue weighted by molar-refractivity contribution is -0.136. The van der Waals surface area contributed by atoms with Gasteiger partial charge in [-0.3, -0.25) is 9.59 Å². The molecule has 5 heteroatoms. The van der Waals surface area contributed by atoms with Crippen LogP contribution in [0.1, 0.15) is 36.5 Å². The van der Waals surface area contributed by atoms with Gasteiger partial charge in [-0.05, 0) is 34.7 Å². The minimum Gasteiger partial charge on any atom is -0.392 e. The molecule has 2 aromatic carbocycles. The van der Waals surface area contributed by atoms with Gasteiger partial charge in [0.15, 0.2) is 0 Å². The molecule has 0 unspecified atom stereocenters. The molecule has 2 aromatic rings. The third-order valence-electron chi connectivity index (χ3n) is 3.77. The van der Waals surface area contributed by atoms with Crippen molar-refractivity contribution < 1.29 is 14.7 Å². The van der Waals surface area contributed by atoms with E-state index in [0.717, 1.165) is 16.7 Å². The molecule has 0 aliphatic rings. The lowest BCUT2D eigenvalue weighted by Crippen LogP contribution is -2.35. The average Bonchev–Trinajstić information content (AvgIpc) is 2.60. The first-order chi connectivity index (χ1) is 11.5. The number of aliphatic hydroxyl groups is 1. The molecule has 0 aliphatic carbocycles. The number of benzene rings is 2. The van der Waals surface area contributed by atoms with E-state index in [1.807, 2.05) is 24.3 Å². The highest BCUT2D eigenvalue weighted by Crippen LogP contribution is 2.17. The van der Waals surface area contributed by atoms with Crippen molar-refractivity contribution in [3.8, 4) is 0 Å². The van der Waals surface area contributed by atoms with Crippen molar-refractivity contribution >= 4 is 17.5 Å². The Bertz CT molecular complexity index is 709. The van der Waals surface area contributed by atoms with Crippen molar-refractivity contribution in [3.63, 3.8) is 0 Å². The number of amides is 2. The quantitative estimate of drug-likeness (QED) is 0.739. The fraction of sp³-hybridized carbons (Fsp3) is 0.263. The Balaban J connectivity index is 1.91. The molecule has 0 aliphatic heterocycles. The molecular formula is C19H22N2O3. The topological polar surface area (TPSA) is 78.4 Å². The summed E-state index contributed by atoms with van der Waals surface area (Å²) >= 11 is 0. The number of rotatable bonds is 5. The number of anilines is 1. The number of carbonyl (C=O) groups excluding carboxylic acids is 2. The Morgan fingerprint density at radius 1 is 0.958 bits per heavy atom. The molecule has 0 bridgehead atoms. The van der Waals surface area contributed by atoms with Crippen LogP contribution in [0.4, 0.5) is 5.69 Å². The number of hydrogen-bond acceptors (Lipinski definition) is 3. The number of hydrogen-bond donors (Lipinski definition) is 3. The average molecular weight is 326 g/mol. The van der Waals surface area contributed by atoms with E-state index in [1.165, 1.54) is 0 Å². The molecule has 5 nitrogen and oxygen atoms in total. The standard InChI is InChI=1S/C19H22N2O3/c1-13(2)14-7-9-17(10-8-14)21-19(24)18(23)20-11-15-5-3-4-6-16(15)12-22/h3-10,13,22H,11-12H2,1-2H3,(H,20,23)(H,21,24). The summed E-state index contributed by atoms with van der Waals surface area (Å²) in [6.45, 7) is 4.26. The molecule has 0 aromatic heterocycles. The van der Waals surface area contributed by atoms with Crippen LogP contribution in [-0.2, 0) is 22.7 Å². The summed E-state index contributed by atoms with van der Waals surface area (Å²) in [5.41, 5.74) is 3.25. The van der Waals surface area contributed by atoms with Crippen molar-refractivity contribution in [1.29, 1.82) is 0 Å². The predicted octanol–water partition coefficient (Wildman–Crippen LogP) is 2.56. The molecule has 3 N–H and O–H groups in total. The first kappa shape index (κ1) is 17.7. The van der Waals surface area contributed by atoms with Gasteiger partial charge in [0, 0.05) is 12.2 Å². The maximum absolute atomic E-state index is 11.9. The zero-order chi connectivity index (χ0) is 17.5. The van der Waals surface area contributed by atoms with Gasteiger partial charge in [-0.1, -0.05) is 50.2 Å². The molecule has 0 atom stereocenters. The van der Waals surface area contributed by atoms with E-state index in [1.54, 1.807) is 24.3 Å². The predicted molar refractivity (Wildman–Crippen MR) is 93.4 cm³/mol. The van der Waals surface area contributed by atoms with Crippen LogP contribution in [0.25, 0.3) is 0 Å². The molecule has 0 saturated heterocycles. The smallest absolute Gasteiger partial charge is 0.313 e. The van der Waals surface area contributed by atoms with Crippen molar-refractivity contribution in [1.82, 2.24) is 5.32 Å². The van der Waals surface area contributed by atoms with E-state index in [0.29, 0.717) is 11.6 Å². The van der Waals surface area contributed by atoms with Gasteiger partial charge in [-0.25, -0.2) is 0 Å². The molecule has 0 heterocycles. The van der Waals surface area contributed by atoms with Gasteiger partial charge >= 0.3 is 11.8 Å². The van der Waals surface area contributed by atoms with Crippen LogP contribution in [-0.4, -0.2) is 16.9 Å². The minimum absolute atomic E-state index is 0.111. The van der Waals surface area contributed by atoms with Crippen molar-refractivity contribution in [2.75, 3.05) is 5.32 Å². The second-order valence-corrected chi connectivity index (χ2v) is 5.84. The summed E-state index contributed by atoms with van der Waals surface area (Å²) < 4.78 is 0. The lowest BCUT2D eigenvalue weighted by atomic mass is 10.0. The van der Waals surface area contributed by atoms with E-state index < -0.39 is 11.8 Å². The summed E-state index contributed by atoms with van der Waals surface area (Å²) in [5.74, 6) is -1.02. The molecule has 0 spiro atoms. The van der Waals surface area contributed by atoms with Crippen LogP contribution in [0.2, 0.25) is 0 Å². The van der Waals surface area contributed by atoms with Crippen molar-refractivity contribution in [2.24, 2.45) is 0 Å². The third kappa shape index (κ3) is 4.67. The summed E-state index contributed by atoms with van der Waals surface area (Å²) in [7, 11) is 0. The van der Waals surface area contributed by atoms with Crippen molar-refractivity contribution in [3.05, 3.63) is 65.2 Å². The summed E-state index contributed by atoms with van der Waals surface area (Å²) in [6, 6.07) is 14.6. The fourth-order valence-corrected chi connectivity index (χ4v) is 2.28. The second kappa shape index (κ2) is 8.26. The zero-order valence-electron chi connectivity index (χ0n) is 13.9. The highest BCUT2D eigenvalue weighted by atomic mass is 16.3. The van der Waals surface area contributed by atoms with Gasteiger partial charge in [0.25, 0.3) is 0 Å². The van der Waals surface area contributed by atoms with Crippen LogP contribution in [0.15, 0.2) is 48.5 Å². The van der Waals surface area contributed by atoms with E-state index in [4.69, 9.17) is 0 Å². The van der Waals surface area contributed by atoms with Gasteiger partial charge < -0.3 is 15.7 Å². The molecular weight excluding hydrogens is 304 g/mol. The SMILES string of the molecule is CC(C)c1ccc(NC(=O)C(=O)NCc2ccccc2CO)cc1. The largest absolute Gasteiger partial charge is 0.392 e. The second-order valence-electron chi connectivity index (χ2n) is 5.84. The van der Waals surface area contributed by atoms with Gasteiger partial charge in [-0.15, -0.1) is 0 Å². The normalized spacial score (nSPS) is 10.5. The van der Waals surface area contributed by atoms with E-state index in [2.05, 4.69) is 24.5 Å². The molecule has 2 amide bonds. The molecule has 126 valence electrons. The Morgan fingerprint density at radius 2 is 1.58 bits per heavy atom. The van der Waals surface area contributed by atoms with Gasteiger partial charge in [0.1, 0.15) is 0 Å². The van der Waals surface area contributed by atoms with E-state index in [-0.39, 0.29) is 13.2 Å². The maximum Gasteiger partial charge on any atom is 0.313 e. The molecule has 0 fully saturated rings. The highest BCUT2D eigenvalue weighted by molar-refractivity contribution is 6.39. The number of aliphatic hydroxyl groups excluding tert-OH is 1. The zero-order valence-corrected chi connectivity index (χ0v) is 13.9. The Kier molecular flexibility index (Phi) is 6.09. The molecule has 0 saturated carbocycles. The first-order valence-corrected chi connectivity index (χ1v) is 7.88. The molecule has 24 heavy (non-hydrogen) atoms. The van der Waals surface area contributed by atoms with E-state index >= 15 is 0 Å². The number of carbonyl (C=O) groups is 2. The van der Waals surface area contributed by atoms with Gasteiger partial charge in [-0.2, -0.15) is 0 Å². The third-order valence-corrected chi connectivity index (χ3v) is 3.77. The van der Waals surface area contributed by atoms with Crippen LogP contribution in [0, 0.1) is 0 Å². The monoisotopic (exact) mass is 326 g/mol.